The molecule has 0 amide bonds. The summed E-state index contributed by atoms with van der Waals surface area (Å²) in [6.45, 7) is 1.39. The van der Waals surface area contributed by atoms with Gasteiger partial charge in [-0.05, 0) is 6.92 Å². The third kappa shape index (κ3) is 1.90. The number of allylic oxidation sites excluding steroid dienone is 1. The molecule has 1 atom stereocenters. The maximum Gasteiger partial charge on any atom is 0.328 e. The highest BCUT2D eigenvalue weighted by atomic mass is 16.4. The lowest BCUT2D eigenvalue weighted by Crippen LogP contribution is -2.14. The van der Waals surface area contributed by atoms with Crippen molar-refractivity contribution in [2.45, 2.75) is 13.0 Å². The van der Waals surface area contributed by atoms with Crippen molar-refractivity contribution in [1.82, 2.24) is 0 Å². The number of benzene rings is 1. The quantitative estimate of drug-likeness (QED) is 0.793. The molecule has 5 nitrogen and oxygen atoms in total. The average Bonchev–Trinajstić information content (AvgIpc) is 2.60. The van der Waals surface area contributed by atoms with Crippen LogP contribution in [-0.4, -0.2) is 34.2 Å². The lowest BCUT2D eigenvalue weighted by atomic mass is 10.1. The Morgan fingerprint density at radius 2 is 1.94 bits per heavy atom. The number of aliphatic hydroxyl groups excluding tert-OH is 1. The first-order valence-electron chi connectivity index (χ1n) is 5.35. The Morgan fingerprint density at radius 3 is 2.50 bits per heavy atom. The summed E-state index contributed by atoms with van der Waals surface area (Å²) in [6, 6.07) is 5.69. The number of carbonyl (C=O) groups is 2. The van der Waals surface area contributed by atoms with E-state index in [2.05, 4.69) is 4.99 Å². The summed E-state index contributed by atoms with van der Waals surface area (Å²) >= 11 is 0. The van der Waals surface area contributed by atoms with Crippen LogP contribution in [-0.2, 0) is 4.79 Å². The van der Waals surface area contributed by atoms with Crippen molar-refractivity contribution < 1.29 is 19.8 Å². The smallest absolute Gasteiger partial charge is 0.328 e. The van der Waals surface area contributed by atoms with Crippen molar-refractivity contribution >= 4 is 23.7 Å². The minimum atomic E-state index is -1.09. The fourth-order valence-corrected chi connectivity index (χ4v) is 1.66. The molecule has 1 aromatic rings. The molecule has 0 heterocycles. The minimum Gasteiger partial charge on any atom is -0.506 e. The number of nitrogens with zero attached hydrogens (tertiary/aromatic N) is 1. The van der Waals surface area contributed by atoms with Crippen LogP contribution in [0.4, 0.5) is 0 Å². The van der Waals surface area contributed by atoms with Gasteiger partial charge in [0.2, 0.25) is 0 Å². The number of carboxylic acid groups (broad SMARTS) is 1. The Hall–Kier alpha value is -2.43. The molecule has 18 heavy (non-hydrogen) atoms. The number of carboxylic acids is 1. The van der Waals surface area contributed by atoms with E-state index in [-0.39, 0.29) is 17.1 Å². The van der Waals surface area contributed by atoms with Gasteiger partial charge in [0.05, 0.1) is 5.57 Å². The zero-order valence-electron chi connectivity index (χ0n) is 9.62. The van der Waals surface area contributed by atoms with Gasteiger partial charge in [-0.25, -0.2) is 4.79 Å². The van der Waals surface area contributed by atoms with Gasteiger partial charge in [0.15, 0.2) is 5.78 Å². The van der Waals surface area contributed by atoms with Crippen molar-refractivity contribution in [1.29, 1.82) is 0 Å². The molecule has 2 rings (SSSR count). The number of hydrogen-bond donors (Lipinski definition) is 2. The summed E-state index contributed by atoms with van der Waals surface area (Å²) in [5, 5.41) is 18.6. The van der Waals surface area contributed by atoms with E-state index >= 15 is 0 Å². The van der Waals surface area contributed by atoms with Crippen molar-refractivity contribution in [3.63, 3.8) is 0 Å². The number of aliphatic hydroxyl groups is 1. The number of ketones is 1. The van der Waals surface area contributed by atoms with Gasteiger partial charge < -0.3 is 10.2 Å². The molecule has 2 N–H and O–H groups in total. The second-order valence-electron chi connectivity index (χ2n) is 3.93. The van der Waals surface area contributed by atoms with Gasteiger partial charge >= 0.3 is 5.97 Å². The van der Waals surface area contributed by atoms with E-state index in [0.29, 0.717) is 11.1 Å². The lowest BCUT2D eigenvalue weighted by Gasteiger charge is -1.98. The van der Waals surface area contributed by atoms with E-state index in [1.165, 1.54) is 6.92 Å². The predicted octanol–water partition coefficient (Wildman–Crippen LogP) is 1.70. The van der Waals surface area contributed by atoms with Gasteiger partial charge in [0.1, 0.15) is 11.8 Å². The van der Waals surface area contributed by atoms with Crippen LogP contribution in [0.25, 0.3) is 5.76 Å². The Balaban J connectivity index is 2.35. The first kappa shape index (κ1) is 12.0. The van der Waals surface area contributed by atoms with Crippen LogP contribution < -0.4 is 0 Å². The van der Waals surface area contributed by atoms with Crippen LogP contribution in [0.15, 0.2) is 34.8 Å². The highest BCUT2D eigenvalue weighted by molar-refractivity contribution is 6.30. The summed E-state index contributed by atoms with van der Waals surface area (Å²) < 4.78 is 0. The summed E-state index contributed by atoms with van der Waals surface area (Å²) in [5.41, 5.74) is 0.885. The van der Waals surface area contributed by atoms with Crippen LogP contribution in [0.5, 0.6) is 0 Å². The third-order valence-corrected chi connectivity index (χ3v) is 2.71. The molecule has 0 unspecified atom stereocenters. The second kappa shape index (κ2) is 4.44. The van der Waals surface area contributed by atoms with Crippen molar-refractivity contribution in [2.24, 2.45) is 4.99 Å². The van der Waals surface area contributed by atoms with Crippen LogP contribution >= 0.6 is 0 Å². The maximum atomic E-state index is 11.9. The molecule has 0 spiro atoms. The highest BCUT2D eigenvalue weighted by Gasteiger charge is 2.28. The summed E-state index contributed by atoms with van der Waals surface area (Å²) in [5.74, 6) is -1.59. The second-order valence-corrected chi connectivity index (χ2v) is 3.93. The predicted molar refractivity (Wildman–Crippen MR) is 65.9 cm³/mol. The van der Waals surface area contributed by atoms with Gasteiger partial charge in [-0.3, -0.25) is 9.79 Å². The zero-order valence-corrected chi connectivity index (χ0v) is 9.62. The normalized spacial score (nSPS) is 16.2. The number of fused-ring (bicyclic) bond motifs is 1. The molecule has 0 saturated carbocycles. The fourth-order valence-electron chi connectivity index (χ4n) is 1.66. The molecule has 0 aliphatic heterocycles. The van der Waals surface area contributed by atoms with Gasteiger partial charge in [-0.1, -0.05) is 24.3 Å². The molecular formula is C13H11NO4. The zero-order chi connectivity index (χ0) is 13.3. The summed E-state index contributed by atoms with van der Waals surface area (Å²) in [7, 11) is 0. The van der Waals surface area contributed by atoms with Crippen molar-refractivity contribution in [2.75, 3.05) is 0 Å². The van der Waals surface area contributed by atoms with Crippen molar-refractivity contribution in [3.8, 4) is 0 Å². The van der Waals surface area contributed by atoms with Gasteiger partial charge in [0.25, 0.3) is 0 Å². The van der Waals surface area contributed by atoms with E-state index in [0.717, 1.165) is 6.21 Å². The third-order valence-electron chi connectivity index (χ3n) is 2.71. The number of aliphatic imine (C=N–C) groups is 1. The Morgan fingerprint density at radius 1 is 1.33 bits per heavy atom. The minimum absolute atomic E-state index is 0.0318. The lowest BCUT2D eigenvalue weighted by molar-refractivity contribution is -0.137. The summed E-state index contributed by atoms with van der Waals surface area (Å²) in [4.78, 5) is 26.3. The van der Waals surface area contributed by atoms with E-state index < -0.39 is 12.0 Å². The number of hydrogen-bond acceptors (Lipinski definition) is 4. The van der Waals surface area contributed by atoms with Gasteiger partial charge in [0, 0.05) is 17.3 Å². The molecule has 0 fully saturated rings. The number of carbonyl (C=O) groups excluding carboxylic acids is 1. The van der Waals surface area contributed by atoms with E-state index in [4.69, 9.17) is 5.11 Å². The number of Topliss-reactive ketones (excluding diaryl/α,β-unsaturated/α-hetero) is 1. The topological polar surface area (TPSA) is 87.0 Å². The average molecular weight is 245 g/mol. The maximum absolute atomic E-state index is 11.9. The number of rotatable bonds is 3. The molecular weight excluding hydrogens is 234 g/mol. The fraction of sp³-hybridized carbons (Fsp3) is 0.154. The monoisotopic (exact) mass is 245 g/mol. The van der Waals surface area contributed by atoms with Gasteiger partial charge in [-0.2, -0.15) is 0 Å². The molecule has 0 aromatic heterocycles. The largest absolute Gasteiger partial charge is 0.506 e. The van der Waals surface area contributed by atoms with Crippen molar-refractivity contribution in [3.05, 3.63) is 41.0 Å². The SMILES string of the molecule is C[C@H](N=CC1=C(O)c2ccccc2C1=O)C(=O)O. The van der Waals surface area contributed by atoms with Crippen LogP contribution in [0.2, 0.25) is 0 Å². The van der Waals surface area contributed by atoms with Gasteiger partial charge in [-0.15, -0.1) is 0 Å². The molecule has 1 aliphatic carbocycles. The molecule has 5 heteroatoms. The first-order chi connectivity index (χ1) is 8.52. The van der Waals surface area contributed by atoms with Crippen LogP contribution in [0.3, 0.4) is 0 Å². The first-order valence-corrected chi connectivity index (χ1v) is 5.35. The van der Waals surface area contributed by atoms with E-state index in [9.17, 15) is 14.7 Å². The Bertz CT molecular complexity index is 586. The van der Waals surface area contributed by atoms with E-state index in [1.807, 2.05) is 0 Å². The molecule has 0 radical (unpaired) electrons. The number of aliphatic carboxylic acids is 1. The highest BCUT2D eigenvalue weighted by Crippen LogP contribution is 2.29. The molecule has 92 valence electrons. The molecule has 0 bridgehead atoms. The van der Waals surface area contributed by atoms with E-state index in [1.54, 1.807) is 24.3 Å². The molecule has 0 saturated heterocycles. The Labute approximate surface area is 103 Å². The standard InChI is InChI=1S/C13H11NO4/c1-7(13(17)18)14-6-10-11(15)8-4-2-3-5-9(8)12(10)16/h2-7,15H,1H3,(H,17,18)/t7-/m0/s1. The Kier molecular flexibility index (Phi) is 2.97. The summed E-state index contributed by atoms with van der Waals surface area (Å²) in [6.07, 6.45) is 1.12. The molecule has 1 aliphatic rings. The van der Waals surface area contributed by atoms with Crippen LogP contribution in [0, 0.1) is 0 Å². The molecule has 1 aromatic carbocycles. The van der Waals surface area contributed by atoms with Crippen LogP contribution in [0.1, 0.15) is 22.8 Å².